The van der Waals surface area contributed by atoms with Gasteiger partial charge in [-0.25, -0.2) is 4.99 Å². The van der Waals surface area contributed by atoms with Crippen LogP contribution in [0, 0.1) is 0 Å². The van der Waals surface area contributed by atoms with E-state index in [2.05, 4.69) is 34.6 Å². The van der Waals surface area contributed by atoms with E-state index < -0.39 is 0 Å². The topological polar surface area (TPSA) is 68.9 Å². The highest BCUT2D eigenvalue weighted by Gasteiger charge is 2.38. The molecule has 3 rings (SSSR count). The van der Waals surface area contributed by atoms with Crippen LogP contribution < -0.4 is 20.5 Å². The Hall–Kier alpha value is -2.69. The maximum Gasteiger partial charge on any atom is 0.193 e. The summed E-state index contributed by atoms with van der Waals surface area (Å²) in [6.45, 7) is 0. The molecule has 0 spiro atoms. The molecule has 1 aliphatic rings. The van der Waals surface area contributed by atoms with Crippen molar-refractivity contribution in [1.82, 2.24) is 0 Å². The van der Waals surface area contributed by atoms with Crippen LogP contribution in [0.1, 0.15) is 17.9 Å². The summed E-state index contributed by atoms with van der Waals surface area (Å²) >= 11 is 0. The fraction of sp³-hybridized carbons (Fsp3) is 0.278. The van der Waals surface area contributed by atoms with Gasteiger partial charge in [0.1, 0.15) is 11.5 Å². The first-order valence-electron chi connectivity index (χ1n) is 7.58. The van der Waals surface area contributed by atoms with Gasteiger partial charge >= 0.3 is 0 Å². The molecule has 5 heteroatoms. The lowest BCUT2D eigenvalue weighted by Gasteiger charge is -2.12. The van der Waals surface area contributed by atoms with E-state index in [1.54, 1.807) is 14.2 Å². The Morgan fingerprint density at radius 1 is 1.13 bits per heavy atom. The molecule has 1 saturated carbocycles. The number of ether oxygens (including phenoxy) is 2. The van der Waals surface area contributed by atoms with Crippen molar-refractivity contribution in [2.75, 3.05) is 19.5 Å². The predicted octanol–water partition coefficient (Wildman–Crippen LogP) is 2.99. The van der Waals surface area contributed by atoms with E-state index in [1.165, 1.54) is 5.56 Å². The standard InChI is InChI=1S/C18H21N3O2/c1-22-13-8-9-17(23-2)16(10-13)21-18(19)20-15-11-14(15)12-6-4-3-5-7-12/h3-10,14-15H,11H2,1-2H3,(H3,19,20,21). The highest BCUT2D eigenvalue weighted by Crippen LogP contribution is 2.43. The molecule has 0 saturated heterocycles. The van der Waals surface area contributed by atoms with Crippen molar-refractivity contribution >= 4 is 11.6 Å². The van der Waals surface area contributed by atoms with Crippen molar-refractivity contribution in [3.63, 3.8) is 0 Å². The first kappa shape index (κ1) is 15.2. The number of aliphatic imine (C=N–C) groups is 1. The predicted molar refractivity (Wildman–Crippen MR) is 92.4 cm³/mol. The van der Waals surface area contributed by atoms with Crippen molar-refractivity contribution in [1.29, 1.82) is 0 Å². The van der Waals surface area contributed by atoms with Crippen molar-refractivity contribution in [2.24, 2.45) is 10.7 Å². The SMILES string of the molecule is COc1ccc(OC)c(NC(N)=NC2CC2c2ccccc2)c1. The molecule has 0 aliphatic heterocycles. The van der Waals surface area contributed by atoms with Gasteiger partial charge in [-0.2, -0.15) is 0 Å². The van der Waals surface area contributed by atoms with Gasteiger partial charge in [0.15, 0.2) is 5.96 Å². The Labute approximate surface area is 136 Å². The van der Waals surface area contributed by atoms with Gasteiger partial charge in [0.2, 0.25) is 0 Å². The third kappa shape index (κ3) is 3.56. The molecule has 2 unspecified atom stereocenters. The Kier molecular flexibility index (Phi) is 4.37. The van der Waals surface area contributed by atoms with Crippen LogP contribution in [0.2, 0.25) is 0 Å². The number of benzene rings is 2. The van der Waals surface area contributed by atoms with Crippen molar-refractivity contribution in [2.45, 2.75) is 18.4 Å². The van der Waals surface area contributed by atoms with Gasteiger partial charge in [0, 0.05) is 12.0 Å². The van der Waals surface area contributed by atoms with Gasteiger partial charge in [-0.3, -0.25) is 0 Å². The Morgan fingerprint density at radius 2 is 1.91 bits per heavy atom. The summed E-state index contributed by atoms with van der Waals surface area (Å²) in [4.78, 5) is 4.56. The summed E-state index contributed by atoms with van der Waals surface area (Å²) < 4.78 is 10.6. The summed E-state index contributed by atoms with van der Waals surface area (Å²) in [6, 6.07) is 16.1. The lowest BCUT2D eigenvalue weighted by molar-refractivity contribution is 0.405. The average Bonchev–Trinajstić information content (AvgIpc) is 3.34. The maximum atomic E-state index is 6.04. The number of guanidine groups is 1. The summed E-state index contributed by atoms with van der Waals surface area (Å²) in [5.74, 6) is 2.28. The summed E-state index contributed by atoms with van der Waals surface area (Å²) in [6.07, 6.45) is 1.03. The van der Waals surface area contributed by atoms with Crippen LogP contribution in [-0.2, 0) is 0 Å². The van der Waals surface area contributed by atoms with Crippen LogP contribution in [0.15, 0.2) is 53.5 Å². The Bertz CT molecular complexity index is 701. The van der Waals surface area contributed by atoms with Crippen LogP contribution >= 0.6 is 0 Å². The smallest absolute Gasteiger partial charge is 0.193 e. The zero-order chi connectivity index (χ0) is 16.2. The largest absolute Gasteiger partial charge is 0.497 e. The fourth-order valence-corrected chi connectivity index (χ4v) is 2.64. The molecule has 2 aromatic rings. The molecule has 5 nitrogen and oxygen atoms in total. The molecule has 0 heterocycles. The zero-order valence-corrected chi connectivity index (χ0v) is 13.3. The van der Waals surface area contributed by atoms with Gasteiger partial charge in [-0.05, 0) is 24.1 Å². The Balaban J connectivity index is 1.69. The van der Waals surface area contributed by atoms with Crippen molar-refractivity contribution in [3.05, 3.63) is 54.1 Å². The molecule has 0 amide bonds. The molecular formula is C18H21N3O2. The zero-order valence-electron chi connectivity index (χ0n) is 13.3. The minimum atomic E-state index is 0.238. The first-order valence-corrected chi connectivity index (χ1v) is 7.58. The van der Waals surface area contributed by atoms with E-state index in [0.29, 0.717) is 17.6 Å². The lowest BCUT2D eigenvalue weighted by Crippen LogP contribution is -2.23. The van der Waals surface area contributed by atoms with E-state index in [1.807, 2.05) is 24.3 Å². The molecule has 0 radical (unpaired) electrons. The van der Waals surface area contributed by atoms with E-state index >= 15 is 0 Å². The average molecular weight is 311 g/mol. The molecule has 2 atom stereocenters. The highest BCUT2D eigenvalue weighted by molar-refractivity contribution is 5.94. The number of nitrogens with one attached hydrogen (secondary N) is 1. The first-order chi connectivity index (χ1) is 11.2. The third-order valence-electron chi connectivity index (χ3n) is 3.96. The number of nitrogens with two attached hydrogens (primary N) is 1. The third-order valence-corrected chi connectivity index (χ3v) is 3.96. The van der Waals surface area contributed by atoms with Crippen LogP contribution in [0.5, 0.6) is 11.5 Å². The minimum absolute atomic E-state index is 0.238. The number of methoxy groups -OCH3 is 2. The number of rotatable bonds is 5. The van der Waals surface area contributed by atoms with Crippen LogP contribution in [0.4, 0.5) is 5.69 Å². The minimum Gasteiger partial charge on any atom is -0.497 e. The van der Waals surface area contributed by atoms with Crippen molar-refractivity contribution < 1.29 is 9.47 Å². The maximum absolute atomic E-state index is 6.04. The molecule has 1 aliphatic carbocycles. The number of anilines is 1. The van der Waals surface area contributed by atoms with Crippen molar-refractivity contribution in [3.8, 4) is 11.5 Å². The summed E-state index contributed by atoms with van der Waals surface area (Å²) in [5.41, 5.74) is 8.10. The second kappa shape index (κ2) is 6.60. The normalized spacial score (nSPS) is 20.0. The van der Waals surface area contributed by atoms with Gasteiger partial charge in [-0.15, -0.1) is 0 Å². The van der Waals surface area contributed by atoms with E-state index in [0.717, 1.165) is 17.9 Å². The molecule has 120 valence electrons. The van der Waals surface area contributed by atoms with Gasteiger partial charge in [0.25, 0.3) is 0 Å². The van der Waals surface area contributed by atoms with Crippen LogP contribution in [0.3, 0.4) is 0 Å². The second-order valence-corrected chi connectivity index (χ2v) is 5.53. The molecular weight excluding hydrogens is 290 g/mol. The van der Waals surface area contributed by atoms with Crippen LogP contribution in [-0.4, -0.2) is 26.2 Å². The molecule has 3 N–H and O–H groups in total. The van der Waals surface area contributed by atoms with Gasteiger partial charge < -0.3 is 20.5 Å². The molecule has 23 heavy (non-hydrogen) atoms. The molecule has 0 aromatic heterocycles. The summed E-state index contributed by atoms with van der Waals surface area (Å²) in [5, 5.41) is 3.10. The van der Waals surface area contributed by atoms with Gasteiger partial charge in [0.05, 0.1) is 25.9 Å². The second-order valence-electron chi connectivity index (χ2n) is 5.53. The Morgan fingerprint density at radius 3 is 2.61 bits per heavy atom. The summed E-state index contributed by atoms with van der Waals surface area (Å²) in [7, 11) is 3.24. The lowest BCUT2D eigenvalue weighted by atomic mass is 10.1. The molecule has 2 aromatic carbocycles. The van der Waals surface area contributed by atoms with E-state index in [9.17, 15) is 0 Å². The van der Waals surface area contributed by atoms with Gasteiger partial charge in [-0.1, -0.05) is 30.3 Å². The number of hydrogen-bond acceptors (Lipinski definition) is 3. The number of hydrogen-bond donors (Lipinski definition) is 2. The monoisotopic (exact) mass is 311 g/mol. The van der Waals surface area contributed by atoms with E-state index in [-0.39, 0.29) is 6.04 Å². The quantitative estimate of drug-likeness (QED) is 0.658. The molecule has 1 fully saturated rings. The fourth-order valence-electron chi connectivity index (χ4n) is 2.64. The van der Waals surface area contributed by atoms with E-state index in [4.69, 9.17) is 15.2 Å². The highest BCUT2D eigenvalue weighted by atomic mass is 16.5. The molecule has 0 bridgehead atoms. The number of nitrogens with zero attached hydrogens (tertiary/aromatic N) is 1. The van der Waals surface area contributed by atoms with Crippen LogP contribution in [0.25, 0.3) is 0 Å².